The average molecular weight is 276 g/mol. The molecule has 6 nitrogen and oxygen atoms in total. The van der Waals surface area contributed by atoms with Crippen LogP contribution in [0.1, 0.15) is 17.4 Å². The third kappa shape index (κ3) is 2.45. The lowest BCUT2D eigenvalue weighted by atomic mass is 10.1. The Bertz CT molecular complexity index is 655. The van der Waals surface area contributed by atoms with Crippen LogP contribution < -0.4 is 15.2 Å². The van der Waals surface area contributed by atoms with Gasteiger partial charge in [-0.2, -0.15) is 0 Å². The third-order valence-corrected chi connectivity index (χ3v) is 2.82. The summed E-state index contributed by atoms with van der Waals surface area (Å²) in [5.74, 6) is 0.568. The lowest BCUT2D eigenvalue weighted by Gasteiger charge is -2.11. The summed E-state index contributed by atoms with van der Waals surface area (Å²) < 4.78 is 15.3. The first-order chi connectivity index (χ1) is 9.60. The molecule has 6 heteroatoms. The third-order valence-electron chi connectivity index (χ3n) is 2.82. The number of carbonyl (C=O) groups excluding carboxylic acids is 1. The number of nitrogens with zero attached hydrogens (tertiary/aromatic N) is 1. The quantitative estimate of drug-likeness (QED) is 0.860. The highest BCUT2D eigenvalue weighted by atomic mass is 16.5. The Labute approximate surface area is 116 Å². The van der Waals surface area contributed by atoms with Gasteiger partial charge >= 0.3 is 5.97 Å². The fourth-order valence-corrected chi connectivity index (χ4v) is 1.88. The molecule has 0 saturated carbocycles. The van der Waals surface area contributed by atoms with Crippen molar-refractivity contribution < 1.29 is 19.0 Å². The molecule has 0 saturated heterocycles. The summed E-state index contributed by atoms with van der Waals surface area (Å²) in [5, 5.41) is 0.758. The largest absolute Gasteiger partial charge is 0.493 e. The number of pyridine rings is 1. The van der Waals surface area contributed by atoms with Gasteiger partial charge in [0.25, 0.3) is 0 Å². The van der Waals surface area contributed by atoms with Crippen molar-refractivity contribution in [3.8, 4) is 11.5 Å². The second-order valence-electron chi connectivity index (χ2n) is 4.05. The molecular weight excluding hydrogens is 260 g/mol. The minimum atomic E-state index is -0.540. The number of ether oxygens (including phenoxy) is 3. The lowest BCUT2D eigenvalue weighted by Crippen LogP contribution is -2.10. The molecule has 106 valence electrons. The summed E-state index contributed by atoms with van der Waals surface area (Å²) in [5.41, 5.74) is 6.80. The topological polar surface area (TPSA) is 83.7 Å². The normalized spacial score (nSPS) is 10.3. The van der Waals surface area contributed by atoms with E-state index in [4.69, 9.17) is 19.9 Å². The van der Waals surface area contributed by atoms with Crippen LogP contribution in [0.2, 0.25) is 0 Å². The monoisotopic (exact) mass is 276 g/mol. The van der Waals surface area contributed by atoms with Gasteiger partial charge in [-0.3, -0.25) is 0 Å². The molecule has 0 unspecified atom stereocenters. The van der Waals surface area contributed by atoms with Crippen LogP contribution in [0.3, 0.4) is 0 Å². The first kappa shape index (κ1) is 13.9. The van der Waals surface area contributed by atoms with Gasteiger partial charge in [0.2, 0.25) is 0 Å². The Morgan fingerprint density at radius 3 is 2.45 bits per heavy atom. The molecule has 0 spiro atoms. The van der Waals surface area contributed by atoms with Gasteiger partial charge < -0.3 is 19.9 Å². The highest BCUT2D eigenvalue weighted by molar-refractivity contribution is 5.97. The number of esters is 1. The number of carbonyl (C=O) groups is 1. The van der Waals surface area contributed by atoms with Crippen molar-refractivity contribution in [1.82, 2.24) is 4.98 Å². The van der Waals surface area contributed by atoms with E-state index in [2.05, 4.69) is 4.98 Å². The van der Waals surface area contributed by atoms with E-state index in [0.717, 1.165) is 5.39 Å². The minimum Gasteiger partial charge on any atom is -0.493 e. The van der Waals surface area contributed by atoms with Crippen LogP contribution in [0.15, 0.2) is 18.2 Å². The minimum absolute atomic E-state index is 0.103. The van der Waals surface area contributed by atoms with Gasteiger partial charge in [-0.25, -0.2) is 9.78 Å². The van der Waals surface area contributed by atoms with Crippen LogP contribution in [0.5, 0.6) is 11.5 Å². The van der Waals surface area contributed by atoms with Gasteiger partial charge in [0.15, 0.2) is 17.2 Å². The second-order valence-corrected chi connectivity index (χ2v) is 4.05. The molecule has 1 aromatic heterocycles. The van der Waals surface area contributed by atoms with Crippen molar-refractivity contribution in [1.29, 1.82) is 0 Å². The van der Waals surface area contributed by atoms with E-state index >= 15 is 0 Å². The van der Waals surface area contributed by atoms with Crippen molar-refractivity contribution >= 4 is 22.6 Å². The van der Waals surface area contributed by atoms with Crippen LogP contribution in [-0.4, -0.2) is 31.8 Å². The highest BCUT2D eigenvalue weighted by Crippen LogP contribution is 2.32. The smallest absolute Gasteiger partial charge is 0.359 e. The van der Waals surface area contributed by atoms with Crippen LogP contribution >= 0.6 is 0 Å². The Morgan fingerprint density at radius 1 is 1.20 bits per heavy atom. The molecule has 0 aliphatic carbocycles. The number of hydrogen-bond donors (Lipinski definition) is 1. The molecule has 0 radical (unpaired) electrons. The number of methoxy groups -OCH3 is 2. The van der Waals surface area contributed by atoms with E-state index in [1.54, 1.807) is 32.2 Å². The maximum atomic E-state index is 11.8. The first-order valence-electron chi connectivity index (χ1n) is 6.10. The maximum absolute atomic E-state index is 11.8. The van der Waals surface area contributed by atoms with Crippen LogP contribution in [0.25, 0.3) is 10.9 Å². The zero-order valence-electron chi connectivity index (χ0n) is 11.6. The molecule has 1 aromatic carbocycles. The maximum Gasteiger partial charge on any atom is 0.359 e. The highest BCUT2D eigenvalue weighted by Gasteiger charge is 2.15. The lowest BCUT2D eigenvalue weighted by molar-refractivity contribution is 0.0521. The second kappa shape index (κ2) is 5.64. The molecule has 0 amide bonds. The van der Waals surface area contributed by atoms with E-state index < -0.39 is 5.97 Å². The molecule has 0 aliphatic heterocycles. The molecule has 0 bridgehead atoms. The Balaban J connectivity index is 2.60. The Morgan fingerprint density at radius 2 is 1.85 bits per heavy atom. The van der Waals surface area contributed by atoms with E-state index in [9.17, 15) is 4.79 Å². The zero-order chi connectivity index (χ0) is 14.7. The summed E-state index contributed by atoms with van der Waals surface area (Å²) in [6.07, 6.45) is 0. The summed E-state index contributed by atoms with van der Waals surface area (Å²) in [6.45, 7) is 1.99. The SMILES string of the molecule is CCOC(=O)c1nc2cc(OC)c(OC)cc2cc1N. The molecule has 2 rings (SSSR count). The van der Waals surface area contributed by atoms with Gasteiger partial charge in [0, 0.05) is 11.5 Å². The van der Waals surface area contributed by atoms with Gasteiger partial charge in [-0.1, -0.05) is 0 Å². The van der Waals surface area contributed by atoms with Crippen LogP contribution in [0, 0.1) is 0 Å². The van der Waals surface area contributed by atoms with Gasteiger partial charge in [0.1, 0.15) is 0 Å². The van der Waals surface area contributed by atoms with Crippen molar-refractivity contribution in [3.63, 3.8) is 0 Å². The van der Waals surface area contributed by atoms with Gasteiger partial charge in [-0.05, 0) is 19.1 Å². The molecule has 1 heterocycles. The van der Waals surface area contributed by atoms with Gasteiger partial charge in [0.05, 0.1) is 32.0 Å². The summed E-state index contributed by atoms with van der Waals surface area (Å²) in [4.78, 5) is 16.0. The summed E-state index contributed by atoms with van der Waals surface area (Å²) in [7, 11) is 3.08. The fourth-order valence-electron chi connectivity index (χ4n) is 1.88. The predicted octanol–water partition coefficient (Wildman–Crippen LogP) is 2.01. The molecule has 0 atom stereocenters. The van der Waals surface area contributed by atoms with E-state index in [-0.39, 0.29) is 18.0 Å². The number of hydrogen-bond acceptors (Lipinski definition) is 6. The number of benzene rings is 1. The Hall–Kier alpha value is -2.50. The number of nitrogens with two attached hydrogens (primary N) is 1. The molecule has 2 N–H and O–H groups in total. The first-order valence-corrected chi connectivity index (χ1v) is 6.10. The van der Waals surface area contributed by atoms with E-state index in [0.29, 0.717) is 17.0 Å². The predicted molar refractivity (Wildman–Crippen MR) is 75.2 cm³/mol. The fraction of sp³-hybridized carbons (Fsp3) is 0.286. The average Bonchev–Trinajstić information content (AvgIpc) is 2.45. The summed E-state index contributed by atoms with van der Waals surface area (Å²) >= 11 is 0. The molecular formula is C14H16N2O4. The standard InChI is InChI=1S/C14H16N2O4/c1-4-20-14(17)13-9(15)5-8-6-11(18-2)12(19-3)7-10(8)16-13/h5-7H,4,15H2,1-3H3. The number of fused-ring (bicyclic) bond motifs is 1. The number of anilines is 1. The molecule has 0 fully saturated rings. The number of nitrogen functional groups attached to an aromatic ring is 1. The van der Waals surface area contributed by atoms with Crippen molar-refractivity contribution in [2.24, 2.45) is 0 Å². The van der Waals surface area contributed by atoms with Crippen molar-refractivity contribution in [2.45, 2.75) is 6.92 Å². The Kier molecular flexibility index (Phi) is 3.93. The zero-order valence-corrected chi connectivity index (χ0v) is 11.6. The van der Waals surface area contributed by atoms with Crippen molar-refractivity contribution in [2.75, 3.05) is 26.6 Å². The molecule has 0 aliphatic rings. The van der Waals surface area contributed by atoms with E-state index in [1.807, 2.05) is 0 Å². The summed E-state index contributed by atoms with van der Waals surface area (Å²) in [6, 6.07) is 5.11. The van der Waals surface area contributed by atoms with Gasteiger partial charge in [-0.15, -0.1) is 0 Å². The van der Waals surface area contributed by atoms with Crippen LogP contribution in [-0.2, 0) is 4.74 Å². The van der Waals surface area contributed by atoms with Crippen LogP contribution in [0.4, 0.5) is 5.69 Å². The van der Waals surface area contributed by atoms with Crippen molar-refractivity contribution in [3.05, 3.63) is 23.9 Å². The number of rotatable bonds is 4. The molecule has 2 aromatic rings. The van der Waals surface area contributed by atoms with E-state index in [1.165, 1.54) is 7.11 Å². The number of aromatic nitrogens is 1. The molecule has 20 heavy (non-hydrogen) atoms.